The smallest absolute Gasteiger partial charge is 0.238 e. The summed E-state index contributed by atoms with van der Waals surface area (Å²) in [5.41, 5.74) is 10.4. The fourth-order valence-electron chi connectivity index (χ4n) is 9.13. The van der Waals surface area contributed by atoms with Crippen molar-refractivity contribution in [3.05, 3.63) is 193 Å². The van der Waals surface area contributed by atoms with Gasteiger partial charge in [0.05, 0.1) is 56.0 Å². The largest absolute Gasteiger partial charge is 0.309 e. The first-order chi connectivity index (χ1) is 30.2. The molecule has 0 aliphatic carbocycles. The zero-order chi connectivity index (χ0) is 40.6. The number of rotatable bonds is 5. The summed E-state index contributed by atoms with van der Waals surface area (Å²) < 4.78 is 6.63. The summed E-state index contributed by atoms with van der Waals surface area (Å²) in [6, 6.07) is 66.2. The predicted molar refractivity (Wildman–Crippen MR) is 243 cm³/mol. The average Bonchev–Trinajstić information content (AvgIpc) is 3.97. The van der Waals surface area contributed by atoms with Gasteiger partial charge >= 0.3 is 0 Å². The molecule has 0 aliphatic rings. The number of nitriles is 2. The van der Waals surface area contributed by atoms with E-state index in [1.165, 1.54) is 0 Å². The van der Waals surface area contributed by atoms with E-state index in [9.17, 15) is 10.5 Å². The van der Waals surface area contributed by atoms with Crippen LogP contribution < -0.4 is 0 Å². The highest BCUT2D eigenvalue weighted by molar-refractivity contribution is 6.26. The number of nitrogens with zero attached hydrogens (tertiary/aromatic N) is 8. The molecule has 0 unspecified atom stereocenters. The lowest BCUT2D eigenvalue weighted by molar-refractivity contribution is 0.953. The van der Waals surface area contributed by atoms with Crippen LogP contribution in [0.3, 0.4) is 0 Å². The summed E-state index contributed by atoms with van der Waals surface area (Å²) in [6.07, 6.45) is 0. The van der Waals surface area contributed by atoms with E-state index in [0.29, 0.717) is 34.3 Å². The molecule has 0 N–H and O–H groups in total. The third-order valence-electron chi connectivity index (χ3n) is 11.8. The van der Waals surface area contributed by atoms with Crippen LogP contribution in [-0.2, 0) is 0 Å². The molecule has 4 aromatic heterocycles. The molecule has 0 amide bonds. The van der Waals surface area contributed by atoms with Crippen molar-refractivity contribution in [3.8, 4) is 52.2 Å². The lowest BCUT2D eigenvalue weighted by Crippen LogP contribution is -2.07. The summed E-state index contributed by atoms with van der Waals surface area (Å²) in [5.74, 6) is 1.32. The third-order valence-corrected chi connectivity index (χ3v) is 11.8. The Balaban J connectivity index is 1.11. The number of benzene rings is 8. The van der Waals surface area contributed by atoms with Crippen molar-refractivity contribution < 1.29 is 0 Å². The number of fused-ring (bicyclic) bond motifs is 10. The van der Waals surface area contributed by atoms with Crippen LogP contribution in [0.25, 0.3) is 106 Å². The zero-order valence-corrected chi connectivity index (χ0v) is 32.4. The standard InChI is InChI=1S/C53H30N8/c54-31-33-22-24-34(25-23-33)51-56-52(58-53(57-51)61-45-19-9-4-14-38(45)39-15-5-10-20-46(39)61)35-26-28-43(36(30-35)32-55)60-44-18-8-6-16-40(44)41-27-29-48-49(50(41)60)42-17-7-11-21-47(42)59(48)37-12-2-1-3-13-37/h1-30H. The van der Waals surface area contributed by atoms with Gasteiger partial charge in [0.1, 0.15) is 6.07 Å². The van der Waals surface area contributed by atoms with Gasteiger partial charge in [-0.1, -0.05) is 97.1 Å². The number of aromatic nitrogens is 6. The molecule has 0 fully saturated rings. The second-order valence-electron chi connectivity index (χ2n) is 15.1. The van der Waals surface area contributed by atoms with Crippen molar-refractivity contribution in [2.45, 2.75) is 0 Å². The summed E-state index contributed by atoms with van der Waals surface area (Å²) in [7, 11) is 0. The number of para-hydroxylation sites is 5. The van der Waals surface area contributed by atoms with Crippen molar-refractivity contribution in [2.24, 2.45) is 0 Å². The monoisotopic (exact) mass is 778 g/mol. The Morgan fingerprint density at radius 1 is 0.393 bits per heavy atom. The Bertz CT molecular complexity index is 3790. The van der Waals surface area contributed by atoms with Gasteiger partial charge in [0.25, 0.3) is 0 Å². The van der Waals surface area contributed by atoms with E-state index >= 15 is 0 Å². The highest BCUT2D eigenvalue weighted by atomic mass is 15.2. The SMILES string of the molecule is N#Cc1ccc(-c2nc(-c3ccc(-n4c5ccccc5c5ccc6c(c7ccccc7n6-c6ccccc6)c54)c(C#N)c3)nc(-n3c4ccccc4c4ccccc43)n2)cc1. The maximum Gasteiger partial charge on any atom is 0.238 e. The minimum atomic E-state index is 0.421. The number of hydrogen-bond acceptors (Lipinski definition) is 5. The normalized spacial score (nSPS) is 11.6. The average molecular weight is 779 g/mol. The van der Waals surface area contributed by atoms with Gasteiger partial charge in [0.15, 0.2) is 11.6 Å². The van der Waals surface area contributed by atoms with E-state index in [4.69, 9.17) is 15.0 Å². The third kappa shape index (κ3) is 5.13. The van der Waals surface area contributed by atoms with Gasteiger partial charge in [-0.15, -0.1) is 0 Å². The quantitative estimate of drug-likeness (QED) is 0.173. The molecule has 12 aromatic rings. The Morgan fingerprint density at radius 2 is 0.934 bits per heavy atom. The number of hydrogen-bond donors (Lipinski definition) is 0. The minimum Gasteiger partial charge on any atom is -0.309 e. The van der Waals surface area contributed by atoms with Gasteiger partial charge in [-0.25, -0.2) is 4.98 Å². The summed E-state index contributed by atoms with van der Waals surface area (Å²) in [5, 5.41) is 27.2. The molecule has 8 aromatic carbocycles. The summed E-state index contributed by atoms with van der Waals surface area (Å²) in [6.45, 7) is 0. The molecule has 8 nitrogen and oxygen atoms in total. The van der Waals surface area contributed by atoms with Gasteiger partial charge in [0, 0.05) is 49.1 Å². The van der Waals surface area contributed by atoms with Crippen LogP contribution in [0.1, 0.15) is 11.1 Å². The fourth-order valence-corrected chi connectivity index (χ4v) is 9.13. The maximum atomic E-state index is 11.0. The van der Waals surface area contributed by atoms with E-state index in [2.05, 4.69) is 129 Å². The van der Waals surface area contributed by atoms with E-state index < -0.39 is 0 Å². The van der Waals surface area contributed by atoms with Crippen molar-refractivity contribution in [2.75, 3.05) is 0 Å². The molecular formula is C53H30N8. The van der Waals surface area contributed by atoms with Crippen LogP contribution in [0.4, 0.5) is 0 Å². The molecule has 0 saturated heterocycles. The molecule has 61 heavy (non-hydrogen) atoms. The van der Waals surface area contributed by atoms with Crippen LogP contribution in [0.2, 0.25) is 0 Å². The first kappa shape index (κ1) is 34.2. The van der Waals surface area contributed by atoms with Crippen molar-refractivity contribution in [1.82, 2.24) is 28.7 Å². The van der Waals surface area contributed by atoms with Gasteiger partial charge < -0.3 is 9.13 Å². The van der Waals surface area contributed by atoms with E-state index in [1.54, 1.807) is 12.1 Å². The highest BCUT2D eigenvalue weighted by Gasteiger charge is 2.23. The summed E-state index contributed by atoms with van der Waals surface area (Å²) >= 11 is 0. The van der Waals surface area contributed by atoms with E-state index in [0.717, 1.165) is 82.4 Å². The molecule has 4 heterocycles. The Hall–Kier alpha value is -8.85. The second kappa shape index (κ2) is 13.4. The van der Waals surface area contributed by atoms with Crippen molar-refractivity contribution in [1.29, 1.82) is 10.5 Å². The fraction of sp³-hybridized carbons (Fsp3) is 0. The summed E-state index contributed by atoms with van der Waals surface area (Å²) in [4.78, 5) is 15.2. The van der Waals surface area contributed by atoms with Gasteiger partial charge in [-0.05, 0) is 84.9 Å². The minimum absolute atomic E-state index is 0.421. The molecule has 282 valence electrons. The van der Waals surface area contributed by atoms with Crippen molar-refractivity contribution >= 4 is 65.4 Å². The molecule has 0 saturated carbocycles. The predicted octanol–water partition coefficient (Wildman–Crippen LogP) is 12.2. The second-order valence-corrected chi connectivity index (χ2v) is 15.1. The lowest BCUT2D eigenvalue weighted by Gasteiger charge is -2.14. The van der Waals surface area contributed by atoms with Gasteiger partial charge in [-0.3, -0.25) is 4.57 Å². The molecule has 12 rings (SSSR count). The van der Waals surface area contributed by atoms with Crippen molar-refractivity contribution in [3.63, 3.8) is 0 Å². The van der Waals surface area contributed by atoms with Gasteiger partial charge in [-0.2, -0.15) is 20.5 Å². The van der Waals surface area contributed by atoms with Gasteiger partial charge in [0.2, 0.25) is 5.95 Å². The van der Waals surface area contributed by atoms with Crippen LogP contribution in [0.15, 0.2) is 182 Å². The van der Waals surface area contributed by atoms with Crippen LogP contribution in [-0.4, -0.2) is 28.7 Å². The topological polar surface area (TPSA) is 101 Å². The lowest BCUT2D eigenvalue weighted by atomic mass is 10.1. The van der Waals surface area contributed by atoms with Crippen LogP contribution >= 0.6 is 0 Å². The zero-order valence-electron chi connectivity index (χ0n) is 32.4. The first-order valence-corrected chi connectivity index (χ1v) is 20.0. The molecule has 0 radical (unpaired) electrons. The Kier molecular flexibility index (Phi) is 7.49. The molecule has 8 heteroatoms. The van der Waals surface area contributed by atoms with E-state index in [-0.39, 0.29) is 0 Å². The Labute approximate surface area is 348 Å². The molecule has 0 bridgehead atoms. The molecule has 0 spiro atoms. The molecular weight excluding hydrogens is 749 g/mol. The molecule has 0 atom stereocenters. The Morgan fingerprint density at radius 3 is 1.57 bits per heavy atom. The van der Waals surface area contributed by atoms with Crippen LogP contribution in [0.5, 0.6) is 0 Å². The first-order valence-electron chi connectivity index (χ1n) is 20.0. The molecule has 0 aliphatic heterocycles. The van der Waals surface area contributed by atoms with E-state index in [1.807, 2.05) is 66.7 Å². The van der Waals surface area contributed by atoms with Crippen LogP contribution in [0, 0.1) is 22.7 Å². The highest BCUT2D eigenvalue weighted by Crippen LogP contribution is 2.43. The maximum absolute atomic E-state index is 11.0.